The molecule has 0 spiro atoms. The van der Waals surface area contributed by atoms with Crippen LogP contribution in [-0.4, -0.2) is 43.7 Å². The van der Waals surface area contributed by atoms with Gasteiger partial charge in [0.1, 0.15) is 18.0 Å². The number of rotatable bonds is 3. The number of halogens is 1. The minimum absolute atomic E-state index is 0.294. The Bertz CT molecular complexity index is 847. The fraction of sp³-hybridized carbons (Fsp3) is 0.333. The number of hydrogen-bond acceptors (Lipinski definition) is 6. The highest BCUT2D eigenvalue weighted by molar-refractivity contribution is 6.32. The van der Waals surface area contributed by atoms with E-state index in [0.29, 0.717) is 16.8 Å². The predicted octanol–water partition coefficient (Wildman–Crippen LogP) is 2.17. The van der Waals surface area contributed by atoms with Gasteiger partial charge in [-0.2, -0.15) is 14.6 Å². The van der Waals surface area contributed by atoms with Crippen LogP contribution in [0.1, 0.15) is 12.1 Å². The molecular formula is C15H16ClN7. The first kappa shape index (κ1) is 14.2. The van der Waals surface area contributed by atoms with Crippen molar-refractivity contribution < 1.29 is 0 Å². The largest absolute Gasteiger partial charge is 0.365 e. The second-order valence-corrected chi connectivity index (χ2v) is 6.05. The van der Waals surface area contributed by atoms with E-state index in [1.54, 1.807) is 10.7 Å². The van der Waals surface area contributed by atoms with Crippen molar-refractivity contribution in [2.75, 3.05) is 23.3 Å². The predicted molar refractivity (Wildman–Crippen MR) is 89.0 cm³/mol. The summed E-state index contributed by atoms with van der Waals surface area (Å²) < 4.78 is 1.73. The highest BCUT2D eigenvalue weighted by Crippen LogP contribution is 2.27. The van der Waals surface area contributed by atoms with Crippen LogP contribution in [0, 0.1) is 6.92 Å². The van der Waals surface area contributed by atoms with Gasteiger partial charge in [-0.1, -0.05) is 11.6 Å². The first-order chi connectivity index (χ1) is 11.2. The van der Waals surface area contributed by atoms with Crippen LogP contribution in [-0.2, 0) is 0 Å². The summed E-state index contributed by atoms with van der Waals surface area (Å²) in [6.45, 7) is 3.71. The van der Waals surface area contributed by atoms with Gasteiger partial charge in [-0.15, -0.1) is 0 Å². The lowest BCUT2D eigenvalue weighted by atomic mass is 10.2. The van der Waals surface area contributed by atoms with E-state index in [4.69, 9.17) is 11.6 Å². The quantitative estimate of drug-likeness (QED) is 0.794. The van der Waals surface area contributed by atoms with Crippen molar-refractivity contribution in [2.45, 2.75) is 19.4 Å². The van der Waals surface area contributed by atoms with Gasteiger partial charge in [0, 0.05) is 37.1 Å². The van der Waals surface area contributed by atoms with E-state index >= 15 is 0 Å². The highest BCUT2D eigenvalue weighted by atomic mass is 35.5. The Morgan fingerprint density at radius 3 is 3.13 bits per heavy atom. The van der Waals surface area contributed by atoms with Crippen molar-refractivity contribution in [3.8, 4) is 0 Å². The molecule has 1 fully saturated rings. The van der Waals surface area contributed by atoms with Crippen molar-refractivity contribution in [1.82, 2.24) is 24.6 Å². The number of pyridine rings is 1. The van der Waals surface area contributed by atoms with Crippen molar-refractivity contribution in [2.24, 2.45) is 0 Å². The molecule has 1 aliphatic heterocycles. The van der Waals surface area contributed by atoms with Gasteiger partial charge in [-0.3, -0.25) is 0 Å². The van der Waals surface area contributed by atoms with E-state index in [9.17, 15) is 0 Å². The van der Waals surface area contributed by atoms with Crippen molar-refractivity contribution in [1.29, 1.82) is 0 Å². The lowest BCUT2D eigenvalue weighted by Crippen LogP contribution is -2.27. The number of hydrogen-bond donors (Lipinski definition) is 1. The lowest BCUT2D eigenvalue weighted by molar-refractivity contribution is 0.783. The van der Waals surface area contributed by atoms with Gasteiger partial charge >= 0.3 is 0 Å². The number of anilines is 2. The van der Waals surface area contributed by atoms with E-state index in [1.165, 1.54) is 6.33 Å². The molecule has 0 unspecified atom stereocenters. The summed E-state index contributed by atoms with van der Waals surface area (Å²) in [5.41, 5.74) is 0.913. The maximum atomic E-state index is 6.24. The average Bonchev–Trinajstić information content (AvgIpc) is 3.17. The van der Waals surface area contributed by atoms with Gasteiger partial charge in [0.2, 0.25) is 0 Å². The van der Waals surface area contributed by atoms with Crippen LogP contribution in [0.4, 0.5) is 11.6 Å². The zero-order valence-corrected chi connectivity index (χ0v) is 13.4. The van der Waals surface area contributed by atoms with Crippen molar-refractivity contribution >= 4 is 29.0 Å². The van der Waals surface area contributed by atoms with E-state index in [1.807, 2.05) is 25.1 Å². The molecule has 8 heteroatoms. The monoisotopic (exact) mass is 329 g/mol. The summed E-state index contributed by atoms with van der Waals surface area (Å²) in [5, 5.41) is 8.45. The SMILES string of the molecule is Cc1cc(N[C@@H]2CCN(c3ncccc3Cl)C2)n2ncnc2n1. The van der Waals surface area contributed by atoms with Crippen LogP contribution in [0.5, 0.6) is 0 Å². The first-order valence-electron chi connectivity index (χ1n) is 7.50. The Balaban J connectivity index is 1.54. The second-order valence-electron chi connectivity index (χ2n) is 5.64. The number of aromatic nitrogens is 5. The molecule has 0 amide bonds. The third kappa shape index (κ3) is 2.68. The molecule has 0 radical (unpaired) electrons. The van der Waals surface area contributed by atoms with Crippen LogP contribution >= 0.6 is 11.6 Å². The first-order valence-corrected chi connectivity index (χ1v) is 7.88. The fourth-order valence-electron chi connectivity index (χ4n) is 2.92. The summed E-state index contributed by atoms with van der Waals surface area (Å²) >= 11 is 6.24. The summed E-state index contributed by atoms with van der Waals surface area (Å²) in [6, 6.07) is 5.99. The summed E-state index contributed by atoms with van der Waals surface area (Å²) in [4.78, 5) is 15.1. The van der Waals surface area contributed by atoms with Crippen LogP contribution in [0.2, 0.25) is 5.02 Å². The molecule has 118 valence electrons. The van der Waals surface area contributed by atoms with Gasteiger partial charge < -0.3 is 10.2 Å². The molecule has 0 aliphatic carbocycles. The van der Waals surface area contributed by atoms with Gasteiger partial charge in [0.05, 0.1) is 5.02 Å². The molecule has 4 heterocycles. The van der Waals surface area contributed by atoms with Crippen LogP contribution in [0.15, 0.2) is 30.7 Å². The number of aryl methyl sites for hydroxylation is 1. The Labute approximate surface area is 138 Å². The topological polar surface area (TPSA) is 71.2 Å². The van der Waals surface area contributed by atoms with Crippen LogP contribution in [0.25, 0.3) is 5.78 Å². The average molecular weight is 330 g/mol. The number of nitrogens with zero attached hydrogens (tertiary/aromatic N) is 6. The van der Waals surface area contributed by atoms with E-state index < -0.39 is 0 Å². The Hall–Kier alpha value is -2.41. The van der Waals surface area contributed by atoms with Crippen molar-refractivity contribution in [3.63, 3.8) is 0 Å². The molecule has 1 N–H and O–H groups in total. The summed E-state index contributed by atoms with van der Waals surface area (Å²) in [7, 11) is 0. The van der Waals surface area contributed by atoms with E-state index in [2.05, 4.69) is 30.3 Å². The highest BCUT2D eigenvalue weighted by Gasteiger charge is 2.25. The summed E-state index contributed by atoms with van der Waals surface area (Å²) in [5.74, 6) is 2.36. The molecule has 1 atom stereocenters. The fourth-order valence-corrected chi connectivity index (χ4v) is 3.16. The third-order valence-corrected chi connectivity index (χ3v) is 4.25. The molecule has 23 heavy (non-hydrogen) atoms. The smallest absolute Gasteiger partial charge is 0.254 e. The molecule has 0 bridgehead atoms. The molecule has 0 saturated carbocycles. The Kier molecular flexibility index (Phi) is 3.49. The molecular weight excluding hydrogens is 314 g/mol. The second kappa shape index (κ2) is 5.66. The zero-order valence-electron chi connectivity index (χ0n) is 12.6. The normalized spacial score (nSPS) is 17.8. The molecule has 3 aromatic rings. The molecule has 1 saturated heterocycles. The van der Waals surface area contributed by atoms with Gasteiger partial charge in [0.15, 0.2) is 0 Å². The number of fused-ring (bicyclic) bond motifs is 1. The van der Waals surface area contributed by atoms with E-state index in [-0.39, 0.29) is 0 Å². The number of nitrogens with one attached hydrogen (secondary N) is 1. The molecule has 1 aliphatic rings. The zero-order chi connectivity index (χ0) is 15.8. The molecule has 7 nitrogen and oxygen atoms in total. The van der Waals surface area contributed by atoms with Crippen LogP contribution < -0.4 is 10.2 Å². The van der Waals surface area contributed by atoms with Crippen molar-refractivity contribution in [3.05, 3.63) is 41.4 Å². The third-order valence-electron chi connectivity index (χ3n) is 3.96. The maximum Gasteiger partial charge on any atom is 0.254 e. The van der Waals surface area contributed by atoms with Gasteiger partial charge in [-0.25, -0.2) is 9.97 Å². The Morgan fingerprint density at radius 2 is 2.26 bits per heavy atom. The maximum absolute atomic E-state index is 6.24. The standard InChI is InChI=1S/C15H16ClN7/c1-10-7-13(23-15(20-10)18-9-19-23)21-11-4-6-22(8-11)14-12(16)3-2-5-17-14/h2-3,5,7,9,11,21H,4,6,8H2,1H3/t11-/m1/s1. The summed E-state index contributed by atoms with van der Waals surface area (Å²) in [6.07, 6.45) is 4.29. The van der Waals surface area contributed by atoms with Crippen LogP contribution in [0.3, 0.4) is 0 Å². The lowest BCUT2D eigenvalue weighted by Gasteiger charge is -2.19. The van der Waals surface area contributed by atoms with Gasteiger partial charge in [0.25, 0.3) is 5.78 Å². The van der Waals surface area contributed by atoms with E-state index in [0.717, 1.165) is 36.8 Å². The minimum atomic E-state index is 0.294. The molecule has 0 aromatic carbocycles. The van der Waals surface area contributed by atoms with Gasteiger partial charge in [-0.05, 0) is 25.5 Å². The minimum Gasteiger partial charge on any atom is -0.365 e. The molecule has 4 rings (SSSR count). The molecule has 3 aromatic heterocycles. The Morgan fingerprint density at radius 1 is 1.35 bits per heavy atom.